The van der Waals surface area contributed by atoms with E-state index in [1.54, 1.807) is 0 Å². The predicted molar refractivity (Wildman–Crippen MR) is 122 cm³/mol. The number of likely N-dealkylation sites (tertiary alicyclic amines) is 1. The van der Waals surface area contributed by atoms with Gasteiger partial charge in [-0.15, -0.1) is 0 Å². The largest absolute Gasteiger partial charge is 0.481 e. The number of rotatable bonds is 5. The fourth-order valence-electron chi connectivity index (χ4n) is 5.66. The third-order valence-electron chi connectivity index (χ3n) is 7.40. The van der Waals surface area contributed by atoms with Crippen LogP contribution in [0.3, 0.4) is 0 Å². The molecule has 2 amide bonds. The maximum atomic E-state index is 14.1. The molecule has 9 heteroatoms. The Bertz CT molecular complexity index is 1120. The van der Waals surface area contributed by atoms with Gasteiger partial charge < -0.3 is 20.1 Å². The van der Waals surface area contributed by atoms with Crippen molar-refractivity contribution in [2.45, 2.75) is 37.1 Å². The summed E-state index contributed by atoms with van der Waals surface area (Å²) in [5.74, 6) is -8.34. The number of alkyl halides is 2. The van der Waals surface area contributed by atoms with Crippen LogP contribution in [0.25, 0.3) is 11.1 Å². The molecule has 0 aromatic heterocycles. The summed E-state index contributed by atoms with van der Waals surface area (Å²) >= 11 is 0. The minimum Gasteiger partial charge on any atom is -0.481 e. The lowest BCUT2D eigenvalue weighted by molar-refractivity contribution is -0.151. The molecule has 1 aliphatic heterocycles. The summed E-state index contributed by atoms with van der Waals surface area (Å²) < 4.78 is 33.7. The van der Waals surface area contributed by atoms with E-state index in [9.17, 15) is 23.2 Å². The van der Waals surface area contributed by atoms with Gasteiger partial charge in [0.05, 0.1) is 12.5 Å². The van der Waals surface area contributed by atoms with Crippen LogP contribution < -0.4 is 5.32 Å². The van der Waals surface area contributed by atoms with Crippen molar-refractivity contribution in [1.29, 1.82) is 0 Å². The number of ether oxygens (including phenoxy) is 1. The number of halogens is 2. The quantitative estimate of drug-likeness (QED) is 0.672. The van der Waals surface area contributed by atoms with Gasteiger partial charge in [-0.1, -0.05) is 55.0 Å². The van der Waals surface area contributed by atoms with E-state index in [1.165, 1.54) is 0 Å². The highest BCUT2D eigenvalue weighted by atomic mass is 19.3. The Labute approximate surface area is 201 Å². The van der Waals surface area contributed by atoms with Gasteiger partial charge >= 0.3 is 12.1 Å². The molecule has 2 aromatic rings. The third kappa shape index (κ3) is 4.24. The fourth-order valence-corrected chi connectivity index (χ4v) is 5.66. The van der Waals surface area contributed by atoms with Crippen molar-refractivity contribution in [3.05, 3.63) is 59.7 Å². The minimum atomic E-state index is -3.48. The van der Waals surface area contributed by atoms with Gasteiger partial charge in [0.1, 0.15) is 12.5 Å². The lowest BCUT2D eigenvalue weighted by atomic mass is 9.98. The topological polar surface area (TPSA) is 95.9 Å². The molecule has 0 bridgehead atoms. The normalized spacial score (nSPS) is 24.6. The number of benzene rings is 2. The first-order valence-corrected chi connectivity index (χ1v) is 11.8. The van der Waals surface area contributed by atoms with E-state index >= 15 is 0 Å². The van der Waals surface area contributed by atoms with E-state index in [2.05, 4.69) is 5.32 Å². The number of hydrogen-bond donors (Lipinski definition) is 2. The van der Waals surface area contributed by atoms with Gasteiger partial charge in [-0.2, -0.15) is 0 Å². The second-order valence-electron chi connectivity index (χ2n) is 9.48. The summed E-state index contributed by atoms with van der Waals surface area (Å²) in [6.07, 6.45) is 0.948. The van der Waals surface area contributed by atoms with Crippen molar-refractivity contribution in [3.63, 3.8) is 0 Å². The smallest absolute Gasteiger partial charge is 0.407 e. The lowest BCUT2D eigenvalue weighted by Gasteiger charge is -2.25. The molecular weight excluding hydrogens is 458 g/mol. The number of aliphatic carboxylic acids is 1. The monoisotopic (exact) mass is 484 g/mol. The molecule has 1 heterocycles. The molecule has 2 fully saturated rings. The van der Waals surface area contributed by atoms with Gasteiger partial charge in [0.15, 0.2) is 0 Å². The maximum absolute atomic E-state index is 14.1. The standard InChI is InChI=1S/C26H26F2N2O5/c27-26(28)14-30(12-21(26)24(32)33)23(31)19-10-5-11-22(19)29-25(34)35-13-20-17-8-3-1-6-15(17)16-7-2-4-9-18(16)20/h1-4,6-9,19-22H,5,10-14H2,(H,29,34)(H,32,33)/t19-,21?,22+/m1/s1. The number of amides is 2. The molecule has 2 N–H and O–H groups in total. The molecule has 7 nitrogen and oxygen atoms in total. The van der Waals surface area contributed by atoms with E-state index < -0.39 is 54.9 Å². The first-order chi connectivity index (χ1) is 16.8. The predicted octanol–water partition coefficient (Wildman–Crippen LogP) is 3.87. The number of nitrogens with one attached hydrogen (secondary N) is 1. The van der Waals surface area contributed by atoms with Crippen molar-refractivity contribution < 1.29 is 33.0 Å². The van der Waals surface area contributed by atoms with E-state index in [4.69, 9.17) is 9.84 Å². The Morgan fingerprint density at radius 3 is 2.26 bits per heavy atom. The zero-order valence-electron chi connectivity index (χ0n) is 19.0. The van der Waals surface area contributed by atoms with Crippen LogP contribution in [-0.4, -0.2) is 59.6 Å². The lowest BCUT2D eigenvalue weighted by Crippen LogP contribution is -2.45. The average molecular weight is 484 g/mol. The number of hydrogen-bond acceptors (Lipinski definition) is 4. The summed E-state index contributed by atoms with van der Waals surface area (Å²) in [5, 5.41) is 11.8. The zero-order valence-corrected chi connectivity index (χ0v) is 19.0. The Morgan fingerprint density at radius 1 is 1.03 bits per heavy atom. The molecule has 1 saturated heterocycles. The van der Waals surface area contributed by atoms with Gasteiger partial charge in [0.25, 0.3) is 5.92 Å². The molecule has 1 unspecified atom stereocenters. The first-order valence-electron chi connectivity index (χ1n) is 11.8. The molecular formula is C26H26F2N2O5. The van der Waals surface area contributed by atoms with Crippen LogP contribution in [0.5, 0.6) is 0 Å². The van der Waals surface area contributed by atoms with Crippen molar-refractivity contribution in [1.82, 2.24) is 10.2 Å². The van der Waals surface area contributed by atoms with Crippen molar-refractivity contribution in [2.24, 2.45) is 11.8 Å². The second kappa shape index (κ2) is 8.94. The summed E-state index contributed by atoms with van der Waals surface area (Å²) in [7, 11) is 0. The second-order valence-corrected chi connectivity index (χ2v) is 9.48. The Balaban J connectivity index is 1.21. The molecule has 2 aliphatic carbocycles. The number of carboxylic acid groups (broad SMARTS) is 1. The zero-order chi connectivity index (χ0) is 24.7. The van der Waals surface area contributed by atoms with Crippen LogP contribution >= 0.6 is 0 Å². The van der Waals surface area contributed by atoms with Crippen molar-refractivity contribution in [2.75, 3.05) is 19.7 Å². The Hall–Kier alpha value is -3.49. The van der Waals surface area contributed by atoms with Crippen LogP contribution in [0.1, 0.15) is 36.3 Å². The van der Waals surface area contributed by atoms with Gasteiger partial charge in [-0.3, -0.25) is 9.59 Å². The number of alkyl carbamates (subject to hydrolysis) is 1. The number of nitrogens with zero attached hydrogens (tertiary/aromatic N) is 1. The molecule has 3 atom stereocenters. The fraction of sp³-hybridized carbons (Fsp3) is 0.423. The first kappa shape index (κ1) is 23.3. The van der Waals surface area contributed by atoms with Gasteiger partial charge in [-0.25, -0.2) is 13.6 Å². The average Bonchev–Trinajstić information content (AvgIpc) is 3.51. The van der Waals surface area contributed by atoms with Crippen molar-refractivity contribution >= 4 is 18.0 Å². The van der Waals surface area contributed by atoms with E-state index in [0.717, 1.165) is 27.2 Å². The molecule has 2 aromatic carbocycles. The number of carbonyl (C=O) groups excluding carboxylic acids is 2. The third-order valence-corrected chi connectivity index (χ3v) is 7.40. The number of carboxylic acids is 1. The van der Waals surface area contributed by atoms with Gasteiger partial charge in [-0.05, 0) is 35.1 Å². The van der Waals surface area contributed by atoms with Crippen LogP contribution in [0, 0.1) is 11.8 Å². The minimum absolute atomic E-state index is 0.103. The summed E-state index contributed by atoms with van der Waals surface area (Å²) in [6, 6.07) is 15.4. The molecule has 1 saturated carbocycles. The SMILES string of the molecule is O=C(N[C@H]1CCC[C@H]1C(=O)N1CC(C(=O)O)C(F)(F)C1)OCC1c2ccccc2-c2ccccc21. The van der Waals surface area contributed by atoms with Crippen LogP contribution in [0.4, 0.5) is 13.6 Å². The van der Waals surface area contributed by atoms with Crippen LogP contribution in [-0.2, 0) is 14.3 Å². The van der Waals surface area contributed by atoms with Gasteiger partial charge in [0.2, 0.25) is 5.91 Å². The summed E-state index contributed by atoms with van der Waals surface area (Å²) in [4.78, 5) is 37.7. The Kier molecular flexibility index (Phi) is 5.94. The van der Waals surface area contributed by atoms with Crippen LogP contribution in [0.2, 0.25) is 0 Å². The highest BCUT2D eigenvalue weighted by Gasteiger charge is 2.54. The van der Waals surface area contributed by atoms with Crippen molar-refractivity contribution in [3.8, 4) is 11.1 Å². The molecule has 0 radical (unpaired) electrons. The molecule has 184 valence electrons. The Morgan fingerprint density at radius 2 is 1.66 bits per heavy atom. The molecule has 0 spiro atoms. The molecule has 3 aliphatic rings. The summed E-state index contributed by atoms with van der Waals surface area (Å²) in [5.41, 5.74) is 4.39. The van der Waals surface area contributed by atoms with E-state index in [0.29, 0.717) is 19.3 Å². The molecule has 35 heavy (non-hydrogen) atoms. The molecule has 5 rings (SSSR count). The highest BCUT2D eigenvalue weighted by molar-refractivity contribution is 5.83. The summed E-state index contributed by atoms with van der Waals surface area (Å²) in [6.45, 7) is -1.32. The van der Waals surface area contributed by atoms with E-state index in [-0.39, 0.29) is 12.5 Å². The highest BCUT2D eigenvalue weighted by Crippen LogP contribution is 2.44. The number of fused-ring (bicyclic) bond motifs is 3. The van der Waals surface area contributed by atoms with Gasteiger partial charge in [0, 0.05) is 18.5 Å². The van der Waals surface area contributed by atoms with Crippen LogP contribution in [0.15, 0.2) is 48.5 Å². The number of carbonyl (C=O) groups is 3. The maximum Gasteiger partial charge on any atom is 0.407 e. The van der Waals surface area contributed by atoms with E-state index in [1.807, 2.05) is 48.5 Å².